The van der Waals surface area contributed by atoms with E-state index >= 15 is 0 Å². The molecule has 170 valence electrons. The average molecular weight is 417 g/mol. The Kier molecular flexibility index (Phi) is 5.92. The number of aliphatic hydroxyl groups is 1. The average Bonchev–Trinajstić information content (AvgIpc) is 3.04. The van der Waals surface area contributed by atoms with Crippen LogP contribution >= 0.6 is 0 Å². The van der Waals surface area contributed by atoms with E-state index in [0.717, 1.165) is 12.8 Å². The van der Waals surface area contributed by atoms with E-state index in [4.69, 9.17) is 4.74 Å². The molecule has 1 saturated heterocycles. The van der Waals surface area contributed by atoms with Gasteiger partial charge in [0.15, 0.2) is 0 Å². The largest absolute Gasteiger partial charge is 0.462 e. The third kappa shape index (κ3) is 3.48. The van der Waals surface area contributed by atoms with Gasteiger partial charge in [-0.05, 0) is 79.4 Å². The van der Waals surface area contributed by atoms with Gasteiger partial charge in [-0.1, -0.05) is 53.7 Å². The van der Waals surface area contributed by atoms with Crippen molar-refractivity contribution in [3.8, 4) is 0 Å². The molecule has 10 atom stereocenters. The van der Waals surface area contributed by atoms with Crippen molar-refractivity contribution in [3.63, 3.8) is 0 Å². The van der Waals surface area contributed by atoms with E-state index < -0.39 is 0 Å². The zero-order valence-electron chi connectivity index (χ0n) is 20.1. The predicted molar refractivity (Wildman–Crippen MR) is 121 cm³/mol. The summed E-state index contributed by atoms with van der Waals surface area (Å²) in [7, 11) is 0. The first-order valence-corrected chi connectivity index (χ1v) is 12.6. The molecule has 4 rings (SSSR count). The Morgan fingerprint density at radius 3 is 2.33 bits per heavy atom. The number of carbonyl (C=O) groups excluding carboxylic acids is 1. The van der Waals surface area contributed by atoms with Crippen LogP contribution < -0.4 is 0 Å². The number of ether oxygens (including phenoxy) is 1. The molecule has 3 heteroatoms. The van der Waals surface area contributed by atoms with Gasteiger partial charge in [-0.25, -0.2) is 0 Å². The molecule has 1 N–H and O–H groups in total. The molecule has 0 radical (unpaired) electrons. The molecular formula is C27H44O3. The fourth-order valence-corrected chi connectivity index (χ4v) is 7.89. The molecule has 4 fully saturated rings. The number of hydrogen-bond acceptors (Lipinski definition) is 3. The molecule has 1 aliphatic heterocycles. The molecule has 3 saturated carbocycles. The molecule has 0 unspecified atom stereocenters. The van der Waals surface area contributed by atoms with Crippen LogP contribution in [-0.4, -0.2) is 23.3 Å². The monoisotopic (exact) mass is 416 g/mol. The Hall–Kier alpha value is -0.830. The van der Waals surface area contributed by atoms with Gasteiger partial charge in [-0.3, -0.25) is 4.79 Å². The number of rotatable bonds is 4. The van der Waals surface area contributed by atoms with Crippen molar-refractivity contribution in [2.75, 3.05) is 0 Å². The Morgan fingerprint density at radius 1 is 0.967 bits per heavy atom. The second-order valence-corrected chi connectivity index (χ2v) is 12.2. The van der Waals surface area contributed by atoms with Crippen molar-refractivity contribution >= 4 is 5.97 Å². The van der Waals surface area contributed by atoms with Gasteiger partial charge in [0.25, 0.3) is 0 Å². The first-order chi connectivity index (χ1) is 14.1. The summed E-state index contributed by atoms with van der Waals surface area (Å²) in [4.78, 5) is 13.0. The first-order valence-electron chi connectivity index (χ1n) is 12.6. The molecule has 0 amide bonds. The fraction of sp³-hybridized carbons (Fsp3) is 0.889. The van der Waals surface area contributed by atoms with Crippen LogP contribution in [-0.2, 0) is 9.53 Å². The summed E-state index contributed by atoms with van der Waals surface area (Å²) in [6, 6.07) is 0. The van der Waals surface area contributed by atoms with Gasteiger partial charge < -0.3 is 9.84 Å². The minimum atomic E-state index is -0.335. The Labute approximate surface area is 184 Å². The summed E-state index contributed by atoms with van der Waals surface area (Å²) < 4.78 is 6.24. The number of aliphatic hydroxyl groups excluding tert-OH is 1. The van der Waals surface area contributed by atoms with Gasteiger partial charge in [0.2, 0.25) is 0 Å². The van der Waals surface area contributed by atoms with Crippen LogP contribution in [0.1, 0.15) is 86.5 Å². The third-order valence-corrected chi connectivity index (χ3v) is 10.4. The van der Waals surface area contributed by atoms with E-state index in [1.54, 1.807) is 0 Å². The molecule has 3 nitrogen and oxygen atoms in total. The lowest BCUT2D eigenvalue weighted by Crippen LogP contribution is -2.60. The summed E-state index contributed by atoms with van der Waals surface area (Å²) in [6.45, 7) is 14.1. The van der Waals surface area contributed by atoms with Gasteiger partial charge in [0, 0.05) is 11.8 Å². The van der Waals surface area contributed by atoms with Crippen LogP contribution in [0.4, 0.5) is 0 Å². The molecule has 1 heterocycles. The number of hydrogen-bond donors (Lipinski definition) is 1. The van der Waals surface area contributed by atoms with E-state index in [1.165, 1.54) is 25.7 Å². The van der Waals surface area contributed by atoms with Crippen molar-refractivity contribution in [2.45, 2.75) is 98.7 Å². The summed E-state index contributed by atoms with van der Waals surface area (Å²) in [5, 5.41) is 10.2. The topological polar surface area (TPSA) is 46.5 Å². The second kappa shape index (κ2) is 7.94. The highest BCUT2D eigenvalue weighted by atomic mass is 16.5. The molecule has 0 aromatic heterocycles. The Balaban J connectivity index is 1.54. The minimum absolute atomic E-state index is 0.0108. The summed E-state index contributed by atoms with van der Waals surface area (Å²) >= 11 is 0. The number of carbonyl (C=O) groups is 1. The lowest BCUT2D eigenvalue weighted by molar-refractivity contribution is -0.216. The molecule has 3 aliphatic carbocycles. The number of esters is 1. The predicted octanol–water partition coefficient (Wildman–Crippen LogP) is 6.01. The minimum Gasteiger partial charge on any atom is -0.462 e. The van der Waals surface area contributed by atoms with Gasteiger partial charge in [0.05, 0.1) is 12.0 Å². The highest BCUT2D eigenvalue weighted by Crippen LogP contribution is 2.65. The molecule has 30 heavy (non-hydrogen) atoms. The zero-order chi connectivity index (χ0) is 21.8. The van der Waals surface area contributed by atoms with Crippen LogP contribution in [0.3, 0.4) is 0 Å². The summed E-state index contributed by atoms with van der Waals surface area (Å²) in [5.74, 6) is 3.38. The van der Waals surface area contributed by atoms with Crippen molar-refractivity contribution in [1.29, 1.82) is 0 Å². The smallest absolute Gasteiger partial charge is 0.309 e. The quantitative estimate of drug-likeness (QED) is 0.451. The van der Waals surface area contributed by atoms with E-state index in [2.05, 4.69) is 53.7 Å². The van der Waals surface area contributed by atoms with E-state index in [9.17, 15) is 9.90 Å². The molecular weight excluding hydrogens is 372 g/mol. The van der Waals surface area contributed by atoms with Gasteiger partial charge in [-0.2, -0.15) is 0 Å². The maximum atomic E-state index is 13.0. The summed E-state index contributed by atoms with van der Waals surface area (Å²) in [5.41, 5.74) is 0.278. The van der Waals surface area contributed by atoms with Crippen LogP contribution in [0.15, 0.2) is 12.2 Å². The Bertz CT molecular complexity index is 684. The van der Waals surface area contributed by atoms with Gasteiger partial charge >= 0.3 is 5.97 Å². The number of allylic oxidation sites excluding steroid dienone is 2. The highest BCUT2D eigenvalue weighted by molar-refractivity contribution is 5.75. The van der Waals surface area contributed by atoms with E-state index in [-0.39, 0.29) is 34.9 Å². The standard InChI is InChI=1S/C27H44O3/c1-16(2)17(3)7-8-18(4)20-9-10-21-24-22(12-14-26(20,21)5)27(6)13-11-19(28)15-23(27)25(29)30-24/h7-8,16-24,28H,9-15H2,1-6H3/t17-,18+,19-,20+,21+,22+,23-,24-,26+,27+/m0/s1. The van der Waals surface area contributed by atoms with Crippen LogP contribution in [0.5, 0.6) is 0 Å². The first kappa shape index (κ1) is 22.4. The Morgan fingerprint density at radius 2 is 1.63 bits per heavy atom. The lowest BCUT2D eigenvalue weighted by Gasteiger charge is -2.59. The van der Waals surface area contributed by atoms with Crippen molar-refractivity contribution in [1.82, 2.24) is 0 Å². The molecule has 0 spiro atoms. The van der Waals surface area contributed by atoms with Crippen LogP contribution in [0.2, 0.25) is 0 Å². The fourth-order valence-electron chi connectivity index (χ4n) is 7.89. The molecule has 4 aliphatic rings. The van der Waals surface area contributed by atoms with E-state index in [0.29, 0.717) is 41.9 Å². The summed E-state index contributed by atoms with van der Waals surface area (Å²) in [6.07, 6.45) is 11.9. The third-order valence-electron chi connectivity index (χ3n) is 10.4. The van der Waals surface area contributed by atoms with Crippen LogP contribution in [0.25, 0.3) is 0 Å². The van der Waals surface area contributed by atoms with Crippen LogP contribution in [0, 0.1) is 52.3 Å². The maximum absolute atomic E-state index is 13.0. The van der Waals surface area contributed by atoms with Crippen molar-refractivity contribution < 1.29 is 14.6 Å². The van der Waals surface area contributed by atoms with Gasteiger partial charge in [0.1, 0.15) is 6.10 Å². The SMILES string of the molecule is CC(C)[C@@H](C)C=C[C@@H](C)[C@H]1CC[C@@H]2[C@@H]3OC(=O)[C@@H]4C[C@@H](O)CC[C@]4(C)[C@@H]3CC[C@@]21C. The molecule has 0 bridgehead atoms. The second-order valence-electron chi connectivity index (χ2n) is 12.2. The molecule has 0 aromatic rings. The normalized spacial score (nSPS) is 48.1. The van der Waals surface area contributed by atoms with Crippen molar-refractivity contribution in [2.24, 2.45) is 52.3 Å². The zero-order valence-corrected chi connectivity index (χ0v) is 20.1. The van der Waals surface area contributed by atoms with Crippen molar-refractivity contribution in [3.05, 3.63) is 12.2 Å². The molecule has 0 aromatic carbocycles. The lowest BCUT2D eigenvalue weighted by atomic mass is 9.49. The highest BCUT2D eigenvalue weighted by Gasteiger charge is 2.64. The maximum Gasteiger partial charge on any atom is 0.309 e. The van der Waals surface area contributed by atoms with E-state index in [1.807, 2.05) is 0 Å². The van der Waals surface area contributed by atoms with Gasteiger partial charge in [-0.15, -0.1) is 0 Å². The number of fused-ring (bicyclic) bond motifs is 5.